The molecule has 6 unspecified atom stereocenters. The Balaban J connectivity index is 1.20. The Morgan fingerprint density at radius 1 is 0.841 bits per heavy atom. The second-order valence-corrected chi connectivity index (χ2v) is 12.9. The summed E-state index contributed by atoms with van der Waals surface area (Å²) in [6.07, 6.45) is -7.44. The summed E-state index contributed by atoms with van der Waals surface area (Å²) in [7, 11) is -10.1. The summed E-state index contributed by atoms with van der Waals surface area (Å²) in [5, 5.41) is 22.1. The number of nitrogens with one attached hydrogen (secondary N) is 1. The van der Waals surface area contributed by atoms with E-state index >= 15 is 0 Å². The maximum atomic E-state index is 13.2. The Bertz CT molecular complexity index is 1880. The van der Waals surface area contributed by atoms with Crippen molar-refractivity contribution in [3.63, 3.8) is 0 Å². The molecular formula is C21H24N8O13P2. The predicted octanol–water partition coefficient (Wildman–Crippen LogP) is -1.32. The van der Waals surface area contributed by atoms with Crippen LogP contribution in [0.15, 0.2) is 36.0 Å². The second kappa shape index (κ2) is 10.7. The third-order valence-corrected chi connectivity index (χ3v) is 9.31. The van der Waals surface area contributed by atoms with Crippen molar-refractivity contribution < 1.29 is 56.7 Å². The standard InChI is InChI=1S/C21H24N8O13P2/c22-8-1-2-23-17-11(8)26-6-29(17)21-16-13(30)9(39-21)3-37-43(33,34)41-15-10(4-38-44(35,36)42-16)40-20(14(15)31)28-7-27-12-18(28)24-5-25-19(12)32/h1-2,5-7,9-10,13-16,20-21,30-31H,3-4H2,(H2,22,23)(H,33,34)(H,35,36)(H,24,25,32)/t9?,10?,13-,14-,15-,16-,20?,21?/m1/s1. The fraction of sp³-hybridized carbons (Fsp3) is 0.476. The summed E-state index contributed by atoms with van der Waals surface area (Å²) in [5.41, 5.74) is 6.04. The number of aliphatic hydroxyl groups is 2. The molecule has 10 atom stereocenters. The summed E-state index contributed by atoms with van der Waals surface area (Å²) in [6.45, 7) is -1.59. The minimum atomic E-state index is -5.06. The molecule has 7 rings (SSSR count). The highest BCUT2D eigenvalue weighted by molar-refractivity contribution is 7.47. The van der Waals surface area contributed by atoms with Gasteiger partial charge < -0.3 is 40.2 Å². The van der Waals surface area contributed by atoms with E-state index in [4.69, 9.17) is 33.3 Å². The SMILES string of the molecule is Nc1ccnc2c1ncn2C1OC2COP(=O)(O)O[C@@H]3C(COP(=O)(O)O[C@@H]1[C@@H]2O)OC(n1cnc2c(=O)[nH]cnc21)[C@@H]3O. The molecule has 0 amide bonds. The average molecular weight is 658 g/mol. The number of nitrogen functional groups attached to an aromatic ring is 1. The van der Waals surface area contributed by atoms with Crippen LogP contribution in [-0.4, -0.2) is 104 Å². The number of imidazole rings is 2. The van der Waals surface area contributed by atoms with E-state index in [1.54, 1.807) is 0 Å². The average Bonchev–Trinajstić information content (AvgIpc) is 3.73. The van der Waals surface area contributed by atoms with Crippen LogP contribution >= 0.6 is 15.6 Å². The second-order valence-electron chi connectivity index (χ2n) is 10.1. The van der Waals surface area contributed by atoms with Crippen LogP contribution in [0.25, 0.3) is 22.3 Å². The largest absolute Gasteiger partial charge is 0.472 e. The highest BCUT2D eigenvalue weighted by Gasteiger charge is 2.54. The van der Waals surface area contributed by atoms with Gasteiger partial charge in [0.25, 0.3) is 5.56 Å². The lowest BCUT2D eigenvalue weighted by Gasteiger charge is -2.25. The number of nitrogens with two attached hydrogens (primary N) is 1. The van der Waals surface area contributed by atoms with Crippen molar-refractivity contribution in [2.24, 2.45) is 0 Å². The van der Waals surface area contributed by atoms with Gasteiger partial charge in [-0.3, -0.25) is 32.0 Å². The first-order chi connectivity index (χ1) is 20.9. The van der Waals surface area contributed by atoms with Gasteiger partial charge in [0, 0.05) is 6.20 Å². The van der Waals surface area contributed by atoms with Gasteiger partial charge in [-0.05, 0) is 6.07 Å². The van der Waals surface area contributed by atoms with Gasteiger partial charge in [-0.25, -0.2) is 29.1 Å². The van der Waals surface area contributed by atoms with Crippen molar-refractivity contribution in [2.45, 2.75) is 49.1 Å². The number of aromatic nitrogens is 7. The number of ether oxygens (including phenoxy) is 2. The molecule has 0 spiro atoms. The summed E-state index contributed by atoms with van der Waals surface area (Å²) in [4.78, 5) is 52.1. The summed E-state index contributed by atoms with van der Waals surface area (Å²) >= 11 is 0. The van der Waals surface area contributed by atoms with Gasteiger partial charge in [0.1, 0.15) is 42.1 Å². The molecule has 0 aromatic carbocycles. The van der Waals surface area contributed by atoms with Gasteiger partial charge in [-0.1, -0.05) is 0 Å². The van der Waals surface area contributed by atoms with Crippen molar-refractivity contribution in [1.82, 2.24) is 34.1 Å². The Morgan fingerprint density at radius 2 is 1.45 bits per heavy atom. The number of phosphoric acid groups is 2. The molecule has 7 N–H and O–H groups in total. The first kappa shape index (κ1) is 29.5. The first-order valence-corrected chi connectivity index (χ1v) is 15.9. The molecule has 2 bridgehead atoms. The van der Waals surface area contributed by atoms with E-state index in [2.05, 4.69) is 24.9 Å². The fourth-order valence-electron chi connectivity index (χ4n) is 5.30. The molecule has 3 saturated heterocycles. The third-order valence-electron chi connectivity index (χ3n) is 7.34. The number of anilines is 1. The third kappa shape index (κ3) is 5.06. The molecule has 3 fully saturated rings. The number of hydrogen-bond donors (Lipinski definition) is 6. The monoisotopic (exact) mass is 658 g/mol. The first-order valence-electron chi connectivity index (χ1n) is 12.9. The number of H-pyrrole nitrogens is 1. The van der Waals surface area contributed by atoms with Gasteiger partial charge in [0.2, 0.25) is 0 Å². The Kier molecular flexibility index (Phi) is 7.20. The lowest BCUT2D eigenvalue weighted by atomic mass is 10.1. The molecule has 3 aliphatic heterocycles. The van der Waals surface area contributed by atoms with Gasteiger partial charge >= 0.3 is 15.6 Å². The molecule has 0 saturated carbocycles. The van der Waals surface area contributed by atoms with Crippen molar-refractivity contribution in [1.29, 1.82) is 0 Å². The summed E-state index contributed by atoms with van der Waals surface area (Å²) in [5.74, 6) is 0. The van der Waals surface area contributed by atoms with E-state index in [1.165, 1.54) is 27.7 Å². The van der Waals surface area contributed by atoms with Gasteiger partial charge in [-0.15, -0.1) is 0 Å². The smallest absolute Gasteiger partial charge is 0.397 e. The number of phosphoric ester groups is 2. The molecule has 4 aromatic rings. The lowest BCUT2D eigenvalue weighted by molar-refractivity contribution is -0.0672. The zero-order chi connectivity index (χ0) is 31.0. The quantitative estimate of drug-likeness (QED) is 0.136. The minimum absolute atomic E-state index is 0.00383. The molecule has 23 heteroatoms. The van der Waals surface area contributed by atoms with Gasteiger partial charge in [0.15, 0.2) is 29.3 Å². The normalized spacial score (nSPS) is 38.3. The van der Waals surface area contributed by atoms with E-state index in [0.717, 1.165) is 12.7 Å². The Labute approximate surface area is 244 Å². The summed E-state index contributed by atoms with van der Waals surface area (Å²) < 4.78 is 61.2. The van der Waals surface area contributed by atoms with Crippen LogP contribution in [0.1, 0.15) is 12.5 Å². The van der Waals surface area contributed by atoms with Crippen LogP contribution in [0.2, 0.25) is 0 Å². The zero-order valence-corrected chi connectivity index (χ0v) is 23.8. The highest BCUT2D eigenvalue weighted by atomic mass is 31.2. The van der Waals surface area contributed by atoms with Crippen LogP contribution in [0.4, 0.5) is 5.69 Å². The predicted molar refractivity (Wildman–Crippen MR) is 141 cm³/mol. The molecule has 0 radical (unpaired) electrons. The van der Waals surface area contributed by atoms with Gasteiger partial charge in [0.05, 0.1) is 37.9 Å². The Morgan fingerprint density at radius 3 is 2.20 bits per heavy atom. The Hall–Kier alpha value is -3.17. The molecule has 4 aromatic heterocycles. The molecule has 44 heavy (non-hydrogen) atoms. The molecule has 3 aliphatic rings. The minimum Gasteiger partial charge on any atom is -0.397 e. The number of fused-ring (bicyclic) bond motifs is 5. The summed E-state index contributed by atoms with van der Waals surface area (Å²) in [6, 6.07) is 1.51. The van der Waals surface area contributed by atoms with Crippen molar-refractivity contribution in [3.05, 3.63) is 41.6 Å². The van der Waals surface area contributed by atoms with E-state index in [-0.39, 0.29) is 28.0 Å². The lowest BCUT2D eigenvalue weighted by Crippen LogP contribution is -2.36. The van der Waals surface area contributed by atoms with Crippen molar-refractivity contribution in [2.75, 3.05) is 18.9 Å². The number of hydrogen-bond acceptors (Lipinski definition) is 16. The van der Waals surface area contributed by atoms with Crippen molar-refractivity contribution >= 4 is 43.7 Å². The topological polar surface area (TPSA) is 291 Å². The van der Waals surface area contributed by atoms with Crippen LogP contribution in [0.5, 0.6) is 0 Å². The fourth-order valence-corrected chi connectivity index (χ4v) is 7.20. The van der Waals surface area contributed by atoms with E-state index in [9.17, 15) is 33.9 Å². The number of aromatic amines is 1. The number of nitrogens with zero attached hydrogens (tertiary/aromatic N) is 6. The molecule has 7 heterocycles. The van der Waals surface area contributed by atoms with Crippen molar-refractivity contribution in [3.8, 4) is 0 Å². The molecule has 21 nitrogen and oxygen atoms in total. The van der Waals surface area contributed by atoms with Gasteiger partial charge in [-0.2, -0.15) is 0 Å². The highest BCUT2D eigenvalue weighted by Crippen LogP contribution is 2.53. The number of rotatable bonds is 2. The molecular weight excluding hydrogens is 634 g/mol. The maximum absolute atomic E-state index is 13.2. The van der Waals surface area contributed by atoms with Crippen LogP contribution in [-0.2, 0) is 36.7 Å². The molecule has 0 aliphatic carbocycles. The van der Waals surface area contributed by atoms with E-state index in [1.807, 2.05) is 0 Å². The van der Waals surface area contributed by atoms with Crippen LogP contribution < -0.4 is 11.3 Å². The van der Waals surface area contributed by atoms with E-state index < -0.39 is 83.5 Å². The maximum Gasteiger partial charge on any atom is 0.472 e. The zero-order valence-electron chi connectivity index (χ0n) is 22.0. The molecule has 236 valence electrons. The number of pyridine rings is 1. The van der Waals surface area contributed by atoms with Crippen LogP contribution in [0, 0.1) is 0 Å². The van der Waals surface area contributed by atoms with Crippen LogP contribution in [0.3, 0.4) is 0 Å². The number of aliphatic hydroxyl groups excluding tert-OH is 2. The van der Waals surface area contributed by atoms with E-state index in [0.29, 0.717) is 0 Å².